The highest BCUT2D eigenvalue weighted by Gasteiger charge is 2.16. The zero-order chi connectivity index (χ0) is 37.0. The number of rotatable bonds is 38. The number of quaternary nitrogens is 2. The number of carbonyl (C=O) groups excluding carboxylic acids is 2. The van der Waals surface area contributed by atoms with Gasteiger partial charge in [0.15, 0.2) is 0 Å². The Balaban J connectivity index is 3.73. The lowest BCUT2D eigenvalue weighted by Gasteiger charge is -2.29. The van der Waals surface area contributed by atoms with Crippen molar-refractivity contribution in [3.05, 3.63) is 12.2 Å². The Hall–Kier alpha value is -1.40. The van der Waals surface area contributed by atoms with E-state index in [1.54, 1.807) is 0 Å². The number of esters is 2. The maximum absolute atomic E-state index is 12.1. The molecular weight excluding hydrogens is 620 g/mol. The summed E-state index contributed by atoms with van der Waals surface area (Å²) in [4.78, 5) is 24.3. The Morgan fingerprint density at radius 2 is 0.580 bits per heavy atom. The first-order valence-corrected chi connectivity index (χ1v) is 21.8. The van der Waals surface area contributed by atoms with Crippen molar-refractivity contribution in [3.8, 4) is 0 Å². The monoisotopic (exact) mass is 709 g/mol. The first-order valence-electron chi connectivity index (χ1n) is 21.8. The predicted molar refractivity (Wildman–Crippen MR) is 215 cm³/mol. The van der Waals surface area contributed by atoms with Gasteiger partial charge in [0.25, 0.3) is 0 Å². The Kier molecular flexibility index (Phi) is 33.7. The third kappa shape index (κ3) is 36.4. The first-order chi connectivity index (χ1) is 24.1. The average molecular weight is 709 g/mol. The summed E-state index contributed by atoms with van der Waals surface area (Å²) >= 11 is 0. The van der Waals surface area contributed by atoms with Gasteiger partial charge in [-0.2, -0.15) is 0 Å². The Morgan fingerprint density at radius 1 is 0.360 bits per heavy atom. The van der Waals surface area contributed by atoms with Crippen LogP contribution in [0.25, 0.3) is 0 Å². The van der Waals surface area contributed by atoms with Crippen LogP contribution >= 0.6 is 0 Å². The van der Waals surface area contributed by atoms with Crippen molar-refractivity contribution in [1.82, 2.24) is 0 Å². The molecule has 0 saturated carbocycles. The molecule has 50 heavy (non-hydrogen) atoms. The minimum atomic E-state index is -0.479. The van der Waals surface area contributed by atoms with Crippen molar-refractivity contribution in [2.45, 2.75) is 194 Å². The van der Waals surface area contributed by atoms with Crippen LogP contribution in [0.4, 0.5) is 0 Å². The van der Waals surface area contributed by atoms with E-state index < -0.39 is 11.9 Å². The number of ether oxygens (including phenoxy) is 2. The van der Waals surface area contributed by atoms with E-state index in [0.29, 0.717) is 13.2 Å². The molecule has 0 fully saturated rings. The van der Waals surface area contributed by atoms with Gasteiger partial charge in [-0.05, 0) is 25.7 Å². The van der Waals surface area contributed by atoms with Crippen LogP contribution in [0.2, 0.25) is 0 Å². The van der Waals surface area contributed by atoms with Crippen LogP contribution in [0.5, 0.6) is 0 Å². The topological polar surface area (TPSA) is 52.6 Å². The van der Waals surface area contributed by atoms with Gasteiger partial charge < -0.3 is 18.4 Å². The SMILES string of the molecule is CCCCCCCCCCCCCCCC[N+](C)(C)CCOC(=O)/C=C\C(=O)OCC[N+](C)(C)CCCCCCCCCCCCCCCC. The standard InChI is InChI=1S/C44H88N2O4/c1-7-9-11-13-15-17-19-21-23-25-27-29-31-33-37-45(3,4)39-41-49-43(47)35-36-44(48)50-42-40-46(5,6)38-34-32-30-28-26-24-22-20-18-16-14-12-10-8-2/h35-36H,7-34,37-42H2,1-6H3/q+2/b36-35-. The summed E-state index contributed by atoms with van der Waals surface area (Å²) in [5.41, 5.74) is 0. The molecule has 0 aliphatic rings. The van der Waals surface area contributed by atoms with Gasteiger partial charge in [-0.25, -0.2) is 9.59 Å². The number of likely N-dealkylation sites (N-methyl/N-ethyl adjacent to an activating group) is 2. The Morgan fingerprint density at radius 3 is 0.820 bits per heavy atom. The van der Waals surface area contributed by atoms with E-state index in [9.17, 15) is 9.59 Å². The molecule has 0 heterocycles. The second kappa shape index (κ2) is 34.7. The summed E-state index contributed by atoms with van der Waals surface area (Å²) in [6.07, 6.45) is 40.8. The van der Waals surface area contributed by atoms with Crippen molar-refractivity contribution in [2.24, 2.45) is 0 Å². The van der Waals surface area contributed by atoms with E-state index in [1.807, 2.05) is 0 Å². The highest BCUT2D eigenvalue weighted by atomic mass is 16.5. The van der Waals surface area contributed by atoms with Crippen LogP contribution in [0.1, 0.15) is 194 Å². The minimum Gasteiger partial charge on any atom is -0.457 e. The van der Waals surface area contributed by atoms with E-state index in [4.69, 9.17) is 9.47 Å². The largest absolute Gasteiger partial charge is 0.457 e. The second-order valence-corrected chi connectivity index (χ2v) is 16.6. The maximum Gasteiger partial charge on any atom is 0.331 e. The fourth-order valence-electron chi connectivity index (χ4n) is 6.71. The molecule has 0 rings (SSSR count). The molecule has 296 valence electrons. The Bertz CT molecular complexity index is 731. The number of hydrogen-bond acceptors (Lipinski definition) is 4. The molecule has 0 aromatic rings. The highest BCUT2D eigenvalue weighted by molar-refractivity contribution is 5.91. The molecule has 0 aliphatic carbocycles. The second-order valence-electron chi connectivity index (χ2n) is 16.6. The van der Waals surface area contributed by atoms with Gasteiger partial charge in [-0.15, -0.1) is 0 Å². The lowest BCUT2D eigenvalue weighted by atomic mass is 10.0. The number of carbonyl (C=O) groups is 2. The molecule has 0 aliphatic heterocycles. The zero-order valence-corrected chi connectivity index (χ0v) is 34.7. The smallest absolute Gasteiger partial charge is 0.331 e. The Labute approximate surface area is 312 Å². The molecule has 0 amide bonds. The molecule has 0 spiro atoms. The van der Waals surface area contributed by atoms with Crippen LogP contribution in [0.15, 0.2) is 12.2 Å². The number of nitrogens with zero attached hydrogens (tertiary/aromatic N) is 2. The van der Waals surface area contributed by atoms with Gasteiger partial charge >= 0.3 is 11.9 Å². The fraction of sp³-hybridized carbons (Fsp3) is 0.909. The van der Waals surface area contributed by atoms with Crippen LogP contribution in [0, 0.1) is 0 Å². The van der Waals surface area contributed by atoms with Gasteiger partial charge in [-0.1, -0.05) is 168 Å². The molecular formula is C44H88N2O4+2. The molecule has 6 heteroatoms. The van der Waals surface area contributed by atoms with Gasteiger partial charge in [0.2, 0.25) is 0 Å². The summed E-state index contributed by atoms with van der Waals surface area (Å²) in [7, 11) is 8.79. The summed E-state index contributed by atoms with van der Waals surface area (Å²) in [6.45, 7) is 9.00. The van der Waals surface area contributed by atoms with Gasteiger partial charge in [0, 0.05) is 12.2 Å². The summed E-state index contributed by atoms with van der Waals surface area (Å²) in [5, 5.41) is 0. The van der Waals surface area contributed by atoms with Gasteiger partial charge in [0.05, 0.1) is 41.3 Å². The molecule has 0 atom stereocenters. The van der Waals surface area contributed by atoms with Crippen molar-refractivity contribution in [2.75, 3.05) is 67.6 Å². The van der Waals surface area contributed by atoms with Crippen molar-refractivity contribution in [1.29, 1.82) is 0 Å². The van der Waals surface area contributed by atoms with Crippen molar-refractivity contribution >= 4 is 11.9 Å². The quantitative estimate of drug-likeness (QED) is 0.0277. The highest BCUT2D eigenvalue weighted by Crippen LogP contribution is 2.15. The molecule has 0 bridgehead atoms. The maximum atomic E-state index is 12.1. The van der Waals surface area contributed by atoms with Crippen LogP contribution in [0.3, 0.4) is 0 Å². The lowest BCUT2D eigenvalue weighted by Crippen LogP contribution is -2.43. The average Bonchev–Trinajstić information content (AvgIpc) is 3.07. The van der Waals surface area contributed by atoms with E-state index in [0.717, 1.165) is 35.1 Å². The van der Waals surface area contributed by atoms with Gasteiger partial charge in [-0.3, -0.25) is 0 Å². The van der Waals surface area contributed by atoms with E-state index in [2.05, 4.69) is 42.0 Å². The number of unbranched alkanes of at least 4 members (excludes halogenated alkanes) is 26. The zero-order valence-electron chi connectivity index (χ0n) is 34.7. The van der Waals surface area contributed by atoms with Crippen molar-refractivity contribution in [3.63, 3.8) is 0 Å². The van der Waals surface area contributed by atoms with Crippen LogP contribution < -0.4 is 0 Å². The minimum absolute atomic E-state index is 0.356. The molecule has 0 aromatic heterocycles. The molecule has 0 unspecified atom stereocenters. The van der Waals surface area contributed by atoms with Crippen LogP contribution in [-0.2, 0) is 19.1 Å². The molecule has 6 nitrogen and oxygen atoms in total. The predicted octanol–water partition coefficient (Wildman–Crippen LogP) is 11.7. The van der Waals surface area contributed by atoms with Crippen molar-refractivity contribution < 1.29 is 28.0 Å². The summed E-state index contributed by atoms with van der Waals surface area (Å²) in [5.74, 6) is -0.959. The summed E-state index contributed by atoms with van der Waals surface area (Å²) in [6, 6.07) is 0. The van der Waals surface area contributed by atoms with Gasteiger partial charge in [0.1, 0.15) is 26.3 Å². The lowest BCUT2D eigenvalue weighted by molar-refractivity contribution is -0.890. The third-order valence-corrected chi connectivity index (χ3v) is 10.5. The first kappa shape index (κ1) is 48.6. The molecule has 0 N–H and O–H groups in total. The normalized spacial score (nSPS) is 12.2. The third-order valence-electron chi connectivity index (χ3n) is 10.5. The van der Waals surface area contributed by atoms with Crippen LogP contribution in [-0.4, -0.2) is 88.5 Å². The number of hydrogen-bond donors (Lipinski definition) is 0. The van der Waals surface area contributed by atoms with E-state index in [1.165, 1.54) is 192 Å². The molecule has 0 saturated heterocycles. The van der Waals surface area contributed by atoms with E-state index >= 15 is 0 Å². The fourth-order valence-corrected chi connectivity index (χ4v) is 6.71. The van der Waals surface area contributed by atoms with E-state index in [-0.39, 0.29) is 0 Å². The molecule has 0 radical (unpaired) electrons. The summed E-state index contributed by atoms with van der Waals surface area (Å²) < 4.78 is 12.4. The molecule has 0 aromatic carbocycles.